The third kappa shape index (κ3) is 2.48. The van der Waals surface area contributed by atoms with E-state index in [0.717, 1.165) is 28.2 Å². The van der Waals surface area contributed by atoms with Gasteiger partial charge in [0.25, 0.3) is 0 Å². The molecular formula is C14H17N3S. The lowest BCUT2D eigenvalue weighted by molar-refractivity contribution is 0.843. The monoisotopic (exact) mass is 259 g/mol. The highest BCUT2D eigenvalue weighted by molar-refractivity contribution is 7.71. The van der Waals surface area contributed by atoms with Gasteiger partial charge >= 0.3 is 0 Å². The first kappa shape index (κ1) is 12.9. The van der Waals surface area contributed by atoms with Crippen molar-refractivity contribution in [1.29, 1.82) is 0 Å². The minimum absolute atomic E-state index is 0.339. The molecule has 94 valence electrons. The molecule has 2 aromatic heterocycles. The Morgan fingerprint density at radius 2 is 1.78 bits per heavy atom. The summed E-state index contributed by atoms with van der Waals surface area (Å²) in [5, 5.41) is 0. The zero-order chi connectivity index (χ0) is 13.3. The van der Waals surface area contributed by atoms with Crippen molar-refractivity contribution in [3.05, 3.63) is 40.1 Å². The van der Waals surface area contributed by atoms with Crippen LogP contribution in [0.2, 0.25) is 0 Å². The van der Waals surface area contributed by atoms with Gasteiger partial charge in [-0.15, -0.1) is 0 Å². The van der Waals surface area contributed by atoms with Crippen molar-refractivity contribution in [1.82, 2.24) is 15.0 Å². The second kappa shape index (κ2) is 4.98. The van der Waals surface area contributed by atoms with Crippen LogP contribution in [0.5, 0.6) is 0 Å². The van der Waals surface area contributed by atoms with Gasteiger partial charge in [0.2, 0.25) is 0 Å². The van der Waals surface area contributed by atoms with Gasteiger partial charge in [-0.25, -0.2) is 4.98 Å². The molecule has 2 aromatic rings. The Balaban J connectivity index is 2.71. The summed E-state index contributed by atoms with van der Waals surface area (Å²) in [6.45, 7) is 8.26. The summed E-state index contributed by atoms with van der Waals surface area (Å²) < 4.78 is 0.672. The molecule has 0 atom stereocenters. The largest absolute Gasteiger partial charge is 0.346 e. The number of aryl methyl sites for hydroxylation is 2. The lowest BCUT2D eigenvalue weighted by Gasteiger charge is -2.13. The van der Waals surface area contributed by atoms with E-state index in [9.17, 15) is 0 Å². The molecule has 2 rings (SSSR count). The van der Waals surface area contributed by atoms with E-state index in [0.29, 0.717) is 10.6 Å². The summed E-state index contributed by atoms with van der Waals surface area (Å²) in [6.07, 6.45) is 1.66. The van der Waals surface area contributed by atoms with Crippen LogP contribution < -0.4 is 0 Å². The van der Waals surface area contributed by atoms with Crippen molar-refractivity contribution in [3.63, 3.8) is 0 Å². The van der Waals surface area contributed by atoms with E-state index in [2.05, 4.69) is 40.9 Å². The molecule has 18 heavy (non-hydrogen) atoms. The number of hydrogen-bond acceptors (Lipinski definition) is 3. The lowest BCUT2D eigenvalue weighted by Crippen LogP contribution is -2.00. The smallest absolute Gasteiger partial charge is 0.133 e. The van der Waals surface area contributed by atoms with E-state index in [4.69, 9.17) is 12.2 Å². The summed E-state index contributed by atoms with van der Waals surface area (Å²) in [4.78, 5) is 11.8. The first-order valence-corrected chi connectivity index (χ1v) is 6.43. The second-order valence-electron chi connectivity index (χ2n) is 4.79. The average Bonchev–Trinajstić information content (AvgIpc) is 2.26. The minimum Gasteiger partial charge on any atom is -0.346 e. The Hall–Kier alpha value is -1.55. The van der Waals surface area contributed by atoms with Crippen molar-refractivity contribution < 1.29 is 0 Å². The fourth-order valence-corrected chi connectivity index (χ4v) is 2.55. The van der Waals surface area contributed by atoms with Gasteiger partial charge in [-0.3, -0.25) is 4.98 Å². The molecule has 0 saturated carbocycles. The lowest BCUT2D eigenvalue weighted by atomic mass is 9.98. The van der Waals surface area contributed by atoms with Crippen LogP contribution in [-0.4, -0.2) is 15.0 Å². The van der Waals surface area contributed by atoms with Gasteiger partial charge in [0, 0.05) is 22.5 Å². The van der Waals surface area contributed by atoms with Crippen molar-refractivity contribution in [3.8, 4) is 11.3 Å². The van der Waals surface area contributed by atoms with Gasteiger partial charge in [0.15, 0.2) is 0 Å². The third-order valence-electron chi connectivity index (χ3n) is 2.84. The van der Waals surface area contributed by atoms with Crippen LogP contribution in [0.3, 0.4) is 0 Å². The molecule has 0 saturated heterocycles. The quantitative estimate of drug-likeness (QED) is 0.830. The number of hydrogen-bond donors (Lipinski definition) is 1. The number of rotatable bonds is 2. The fraction of sp³-hybridized carbons (Fsp3) is 0.357. The molecular weight excluding hydrogens is 242 g/mol. The average molecular weight is 259 g/mol. The van der Waals surface area contributed by atoms with Crippen LogP contribution in [0.15, 0.2) is 18.5 Å². The van der Waals surface area contributed by atoms with Crippen molar-refractivity contribution in [2.75, 3.05) is 0 Å². The summed E-state index contributed by atoms with van der Waals surface area (Å²) >= 11 is 5.33. The van der Waals surface area contributed by atoms with E-state index in [1.165, 1.54) is 0 Å². The van der Waals surface area contributed by atoms with E-state index in [1.807, 2.05) is 13.8 Å². The Morgan fingerprint density at radius 3 is 2.33 bits per heavy atom. The molecule has 4 heteroatoms. The van der Waals surface area contributed by atoms with Crippen molar-refractivity contribution >= 4 is 12.2 Å². The maximum atomic E-state index is 5.33. The van der Waals surface area contributed by atoms with Crippen molar-refractivity contribution in [2.45, 2.75) is 33.6 Å². The highest BCUT2D eigenvalue weighted by Crippen LogP contribution is 2.28. The predicted molar refractivity (Wildman–Crippen MR) is 76.2 cm³/mol. The van der Waals surface area contributed by atoms with Crippen molar-refractivity contribution in [2.24, 2.45) is 0 Å². The first-order chi connectivity index (χ1) is 8.49. The standard InChI is InChI=1S/C14H17N3S/c1-8(2)12-13(15-7-16-14(12)18)11-5-9(3)17-10(4)6-11/h5-8H,1-4H3,(H,15,16,18). The number of pyridine rings is 1. The first-order valence-electron chi connectivity index (χ1n) is 6.02. The summed E-state index contributed by atoms with van der Waals surface area (Å²) in [6, 6.07) is 4.14. The van der Waals surface area contributed by atoms with Crippen LogP contribution >= 0.6 is 12.2 Å². The number of H-pyrrole nitrogens is 1. The molecule has 0 radical (unpaired) electrons. The summed E-state index contributed by atoms with van der Waals surface area (Å²) in [5.74, 6) is 0.339. The van der Waals surface area contributed by atoms with Crippen LogP contribution in [0, 0.1) is 18.5 Å². The van der Waals surface area contributed by atoms with E-state index in [-0.39, 0.29) is 0 Å². The zero-order valence-corrected chi connectivity index (χ0v) is 11.9. The topological polar surface area (TPSA) is 41.6 Å². The highest BCUT2D eigenvalue weighted by atomic mass is 32.1. The second-order valence-corrected chi connectivity index (χ2v) is 5.18. The van der Waals surface area contributed by atoms with Gasteiger partial charge in [0.05, 0.1) is 12.0 Å². The molecule has 0 amide bonds. The van der Waals surface area contributed by atoms with E-state index < -0.39 is 0 Å². The Morgan fingerprint density at radius 1 is 1.17 bits per heavy atom. The molecule has 3 nitrogen and oxygen atoms in total. The molecule has 1 N–H and O–H groups in total. The Kier molecular flexibility index (Phi) is 3.57. The van der Waals surface area contributed by atoms with Gasteiger partial charge in [-0.2, -0.15) is 0 Å². The predicted octanol–water partition coefficient (Wildman–Crippen LogP) is 3.94. The molecule has 0 unspecified atom stereocenters. The third-order valence-corrected chi connectivity index (χ3v) is 3.16. The molecule has 0 aliphatic carbocycles. The normalized spacial score (nSPS) is 10.9. The van der Waals surface area contributed by atoms with Gasteiger partial charge in [-0.1, -0.05) is 26.1 Å². The molecule has 0 fully saturated rings. The summed E-state index contributed by atoms with van der Waals surface area (Å²) in [7, 11) is 0. The fourth-order valence-electron chi connectivity index (χ4n) is 2.16. The van der Waals surface area contributed by atoms with Crippen LogP contribution in [0.4, 0.5) is 0 Å². The molecule has 0 spiro atoms. The molecule has 0 bridgehead atoms. The number of nitrogens with one attached hydrogen (secondary N) is 1. The molecule has 0 aliphatic heterocycles. The maximum Gasteiger partial charge on any atom is 0.133 e. The van der Waals surface area contributed by atoms with E-state index >= 15 is 0 Å². The van der Waals surface area contributed by atoms with Gasteiger partial charge < -0.3 is 4.98 Å². The zero-order valence-electron chi connectivity index (χ0n) is 11.1. The number of aromatic nitrogens is 3. The molecule has 0 aliphatic rings. The van der Waals surface area contributed by atoms with Crippen LogP contribution in [-0.2, 0) is 0 Å². The highest BCUT2D eigenvalue weighted by Gasteiger charge is 2.12. The van der Waals surface area contributed by atoms with Crippen LogP contribution in [0.25, 0.3) is 11.3 Å². The number of nitrogens with zero attached hydrogens (tertiary/aromatic N) is 2. The van der Waals surface area contributed by atoms with Crippen LogP contribution in [0.1, 0.15) is 36.7 Å². The van der Waals surface area contributed by atoms with E-state index in [1.54, 1.807) is 6.33 Å². The molecule has 2 heterocycles. The minimum atomic E-state index is 0.339. The van der Waals surface area contributed by atoms with Gasteiger partial charge in [0.1, 0.15) is 4.64 Å². The SMILES string of the molecule is Cc1cc(-c2[nH]cnc(=S)c2C(C)C)cc(C)n1. The summed E-state index contributed by atoms with van der Waals surface area (Å²) in [5.41, 5.74) is 5.29. The Bertz CT molecular complexity index is 609. The maximum absolute atomic E-state index is 5.33. The van der Waals surface area contributed by atoms with Gasteiger partial charge in [-0.05, 0) is 31.9 Å². The number of aromatic amines is 1. The Labute approximate surface area is 112 Å². The molecule has 0 aromatic carbocycles.